The van der Waals surface area contributed by atoms with Crippen LogP contribution in [0.1, 0.15) is 17.5 Å². The van der Waals surface area contributed by atoms with Crippen LogP contribution in [0.2, 0.25) is 0 Å². The van der Waals surface area contributed by atoms with Crippen LogP contribution in [-0.4, -0.2) is 25.1 Å². The number of halogens is 1. The van der Waals surface area contributed by atoms with Crippen LogP contribution in [-0.2, 0) is 15.1 Å². The van der Waals surface area contributed by atoms with Crippen molar-refractivity contribution in [3.05, 3.63) is 94.0 Å². The van der Waals surface area contributed by atoms with E-state index in [9.17, 15) is 5.11 Å². The zero-order valence-corrected chi connectivity index (χ0v) is 15.9. The van der Waals surface area contributed by atoms with E-state index in [1.807, 2.05) is 72.8 Å². The van der Waals surface area contributed by atoms with Crippen molar-refractivity contribution in [2.45, 2.75) is 17.8 Å². The Kier molecular flexibility index (Phi) is 5.25. The summed E-state index contributed by atoms with van der Waals surface area (Å²) in [6.45, 7) is 0. The Morgan fingerprint density at radius 3 is 2.24 bits per heavy atom. The van der Waals surface area contributed by atoms with Gasteiger partial charge in [-0.25, -0.2) is 0 Å². The van der Waals surface area contributed by atoms with E-state index in [1.54, 1.807) is 14.2 Å². The zero-order valence-electron chi connectivity index (χ0n) is 14.3. The molecule has 0 saturated carbocycles. The Morgan fingerprint density at radius 2 is 1.68 bits per heavy atom. The van der Waals surface area contributed by atoms with Gasteiger partial charge >= 0.3 is 0 Å². The number of hydrogen-bond donors (Lipinski definition) is 1. The zero-order chi connectivity index (χ0) is 17.9. The summed E-state index contributed by atoms with van der Waals surface area (Å²) in [6.07, 6.45) is 6.23. The molecule has 3 nitrogen and oxygen atoms in total. The summed E-state index contributed by atoms with van der Waals surface area (Å²) >= 11 is 3.50. The second-order valence-corrected chi connectivity index (χ2v) is 6.92. The Hall–Kier alpha value is -1.72. The van der Waals surface area contributed by atoms with E-state index in [1.165, 1.54) is 0 Å². The molecule has 2 aromatic rings. The Labute approximate surface area is 156 Å². The minimum atomic E-state index is -1.25. The van der Waals surface area contributed by atoms with Crippen LogP contribution in [0, 0.1) is 0 Å². The van der Waals surface area contributed by atoms with Crippen molar-refractivity contribution < 1.29 is 14.6 Å². The Morgan fingerprint density at radius 1 is 1.00 bits per heavy atom. The lowest BCUT2D eigenvalue weighted by Crippen LogP contribution is -2.36. The molecule has 1 aliphatic rings. The maximum absolute atomic E-state index is 11.8. The molecule has 0 saturated heterocycles. The predicted molar refractivity (Wildman–Crippen MR) is 102 cm³/mol. The molecular weight excluding hydrogens is 380 g/mol. The number of aliphatic hydroxyl groups is 1. The first kappa shape index (κ1) is 18.1. The topological polar surface area (TPSA) is 38.7 Å². The van der Waals surface area contributed by atoms with Crippen LogP contribution in [0.4, 0.5) is 0 Å². The van der Waals surface area contributed by atoms with Crippen LogP contribution in [0.5, 0.6) is 0 Å². The van der Waals surface area contributed by atoms with Gasteiger partial charge in [-0.3, -0.25) is 0 Å². The van der Waals surface area contributed by atoms with Gasteiger partial charge < -0.3 is 14.6 Å². The van der Waals surface area contributed by atoms with Crippen LogP contribution in [0.25, 0.3) is 0 Å². The third-order valence-electron chi connectivity index (χ3n) is 4.67. The number of hydrogen-bond acceptors (Lipinski definition) is 3. The third-order valence-corrected chi connectivity index (χ3v) is 5.16. The molecule has 0 radical (unpaired) electrons. The van der Waals surface area contributed by atoms with E-state index in [2.05, 4.69) is 15.9 Å². The van der Waals surface area contributed by atoms with Gasteiger partial charge in [0, 0.05) is 25.1 Å². The first-order chi connectivity index (χ1) is 12.0. The second kappa shape index (κ2) is 7.26. The van der Waals surface area contributed by atoms with Crippen molar-refractivity contribution in [3.63, 3.8) is 0 Å². The number of rotatable bonds is 5. The average Bonchev–Trinajstić information content (AvgIpc) is 2.68. The second-order valence-electron chi connectivity index (χ2n) is 6.00. The molecule has 0 aromatic heterocycles. The molecular formula is C21H21BrO3. The van der Waals surface area contributed by atoms with Gasteiger partial charge in [0.2, 0.25) is 0 Å². The SMILES string of the molecule is COC1(OC)C=CC([C@@](O)(c2ccccc2)c2cccc(Br)c2)=CC1. The maximum atomic E-state index is 11.8. The lowest BCUT2D eigenvalue weighted by molar-refractivity contribution is -0.168. The number of methoxy groups -OCH3 is 2. The molecule has 25 heavy (non-hydrogen) atoms. The predicted octanol–water partition coefficient (Wildman–Crippen LogP) is 4.56. The van der Waals surface area contributed by atoms with Gasteiger partial charge in [-0.15, -0.1) is 0 Å². The molecule has 0 spiro atoms. The lowest BCUT2D eigenvalue weighted by Gasteiger charge is -2.35. The van der Waals surface area contributed by atoms with Crippen molar-refractivity contribution in [1.82, 2.24) is 0 Å². The largest absolute Gasteiger partial charge is 0.376 e. The summed E-state index contributed by atoms with van der Waals surface area (Å²) < 4.78 is 11.9. The Balaban J connectivity index is 2.11. The molecule has 0 unspecified atom stereocenters. The molecule has 0 amide bonds. The molecule has 2 aromatic carbocycles. The normalized spacial score (nSPS) is 18.5. The van der Waals surface area contributed by atoms with Crippen molar-refractivity contribution in [2.24, 2.45) is 0 Å². The maximum Gasteiger partial charge on any atom is 0.190 e. The first-order valence-corrected chi connectivity index (χ1v) is 8.87. The number of ether oxygens (including phenoxy) is 2. The summed E-state index contributed by atoms with van der Waals surface area (Å²) in [5.41, 5.74) is 1.15. The first-order valence-electron chi connectivity index (χ1n) is 8.08. The lowest BCUT2D eigenvalue weighted by atomic mass is 9.77. The fourth-order valence-corrected chi connectivity index (χ4v) is 3.55. The van der Waals surface area contributed by atoms with Crippen LogP contribution in [0.15, 0.2) is 82.9 Å². The van der Waals surface area contributed by atoms with Crippen molar-refractivity contribution >= 4 is 15.9 Å². The molecule has 1 aliphatic carbocycles. The van der Waals surface area contributed by atoms with Crippen LogP contribution >= 0.6 is 15.9 Å². The molecule has 0 aliphatic heterocycles. The van der Waals surface area contributed by atoms with Gasteiger partial charge in [0.15, 0.2) is 5.79 Å². The minimum absolute atomic E-state index is 0.523. The smallest absolute Gasteiger partial charge is 0.190 e. The van der Waals surface area contributed by atoms with E-state index in [0.29, 0.717) is 6.42 Å². The number of benzene rings is 2. The molecule has 130 valence electrons. The van der Waals surface area contributed by atoms with Gasteiger partial charge in [0.1, 0.15) is 5.60 Å². The van der Waals surface area contributed by atoms with Crippen molar-refractivity contribution in [3.8, 4) is 0 Å². The molecule has 0 bridgehead atoms. The summed E-state index contributed by atoms with van der Waals surface area (Å²) in [5, 5.41) is 11.8. The summed E-state index contributed by atoms with van der Waals surface area (Å²) in [5.74, 6) is -0.779. The monoisotopic (exact) mass is 400 g/mol. The van der Waals surface area contributed by atoms with Gasteiger partial charge in [-0.1, -0.05) is 70.5 Å². The quantitative estimate of drug-likeness (QED) is 0.747. The highest BCUT2D eigenvalue weighted by Crippen LogP contribution is 2.41. The summed E-state index contributed by atoms with van der Waals surface area (Å²) in [7, 11) is 3.23. The summed E-state index contributed by atoms with van der Waals surface area (Å²) in [6, 6.07) is 17.4. The van der Waals surface area contributed by atoms with Crippen molar-refractivity contribution in [1.29, 1.82) is 0 Å². The van der Waals surface area contributed by atoms with Crippen molar-refractivity contribution in [2.75, 3.05) is 14.2 Å². The molecule has 1 N–H and O–H groups in total. The molecule has 0 heterocycles. The average molecular weight is 401 g/mol. The highest BCUT2D eigenvalue weighted by atomic mass is 79.9. The van der Waals surface area contributed by atoms with Crippen LogP contribution in [0.3, 0.4) is 0 Å². The summed E-state index contributed by atoms with van der Waals surface area (Å²) in [4.78, 5) is 0. The molecule has 1 atom stereocenters. The van der Waals surface area contributed by atoms with Gasteiger partial charge in [-0.05, 0) is 34.9 Å². The van der Waals surface area contributed by atoms with Gasteiger partial charge in [0.25, 0.3) is 0 Å². The van der Waals surface area contributed by atoms with Gasteiger partial charge in [0.05, 0.1) is 0 Å². The highest BCUT2D eigenvalue weighted by Gasteiger charge is 2.38. The highest BCUT2D eigenvalue weighted by molar-refractivity contribution is 9.10. The van der Waals surface area contributed by atoms with E-state index < -0.39 is 11.4 Å². The fraction of sp³-hybridized carbons (Fsp3) is 0.238. The molecule has 4 heteroatoms. The standard InChI is InChI=1S/C21H21BrO3/c1-24-20(25-2)13-11-17(12-14-20)21(23,16-7-4-3-5-8-16)18-9-6-10-19(22)15-18/h3-13,15,23H,14H2,1-2H3/t21-/m0/s1. The van der Waals surface area contributed by atoms with Gasteiger partial charge in [-0.2, -0.15) is 0 Å². The van der Waals surface area contributed by atoms with E-state index in [-0.39, 0.29) is 0 Å². The van der Waals surface area contributed by atoms with E-state index in [4.69, 9.17) is 9.47 Å². The molecule has 3 rings (SSSR count). The third kappa shape index (κ3) is 3.35. The minimum Gasteiger partial charge on any atom is -0.376 e. The van der Waals surface area contributed by atoms with E-state index in [0.717, 1.165) is 21.2 Å². The Bertz CT molecular complexity index is 794. The van der Waals surface area contributed by atoms with E-state index >= 15 is 0 Å². The van der Waals surface area contributed by atoms with Crippen LogP contribution < -0.4 is 0 Å². The fourth-order valence-electron chi connectivity index (χ4n) is 3.15. The molecule has 0 fully saturated rings.